The molecule has 17 heavy (non-hydrogen) atoms. The summed E-state index contributed by atoms with van der Waals surface area (Å²) in [7, 11) is 0. The van der Waals surface area contributed by atoms with Crippen LogP contribution in [0.5, 0.6) is 0 Å². The molecule has 0 spiro atoms. The van der Waals surface area contributed by atoms with Crippen molar-refractivity contribution in [2.75, 3.05) is 46.1 Å². The van der Waals surface area contributed by atoms with E-state index < -0.39 is 5.54 Å². The minimum absolute atomic E-state index is 0.0240. The lowest BCUT2D eigenvalue weighted by Crippen LogP contribution is -2.70. The third-order valence-corrected chi connectivity index (χ3v) is 3.48. The summed E-state index contributed by atoms with van der Waals surface area (Å²) in [6.45, 7) is 5.00. The lowest BCUT2D eigenvalue weighted by Gasteiger charge is -2.51. The summed E-state index contributed by atoms with van der Waals surface area (Å²) in [6.07, 6.45) is 0. The Morgan fingerprint density at radius 2 is 2.29 bits per heavy atom. The molecule has 1 amide bonds. The van der Waals surface area contributed by atoms with Gasteiger partial charge in [-0.25, -0.2) is 0 Å². The van der Waals surface area contributed by atoms with Gasteiger partial charge in [0.05, 0.1) is 44.6 Å². The summed E-state index contributed by atoms with van der Waals surface area (Å²) >= 11 is 0. The van der Waals surface area contributed by atoms with Crippen LogP contribution in [0.4, 0.5) is 0 Å². The molecule has 0 saturated carbocycles. The number of rotatable bonds is 3. The highest BCUT2D eigenvalue weighted by atomic mass is 16.5. The maximum atomic E-state index is 11.0. The summed E-state index contributed by atoms with van der Waals surface area (Å²) in [5, 5.41) is 12.5. The Morgan fingerprint density at radius 1 is 1.53 bits per heavy atom. The molecule has 2 unspecified atom stereocenters. The van der Waals surface area contributed by atoms with E-state index in [0.29, 0.717) is 33.0 Å². The van der Waals surface area contributed by atoms with E-state index in [-0.39, 0.29) is 18.6 Å². The standard InChI is InChI=1S/C11H20N2O4/c1-9(15)12-6-11(7-14)8-17-5-10-4-16-3-2-13(10)11/h10,14H,2-8H2,1H3,(H,12,15). The molecule has 6 nitrogen and oxygen atoms in total. The Hall–Kier alpha value is -0.690. The van der Waals surface area contributed by atoms with Crippen molar-refractivity contribution in [1.82, 2.24) is 10.2 Å². The van der Waals surface area contributed by atoms with Gasteiger partial charge < -0.3 is 19.9 Å². The molecule has 2 saturated heterocycles. The minimum atomic E-state index is -0.502. The minimum Gasteiger partial charge on any atom is -0.394 e. The number of hydrogen-bond acceptors (Lipinski definition) is 5. The number of amides is 1. The van der Waals surface area contributed by atoms with Crippen LogP contribution >= 0.6 is 0 Å². The quantitative estimate of drug-likeness (QED) is 0.638. The van der Waals surface area contributed by atoms with Gasteiger partial charge in [0.1, 0.15) is 0 Å². The van der Waals surface area contributed by atoms with E-state index in [1.807, 2.05) is 0 Å². The van der Waals surface area contributed by atoms with Crippen LogP contribution in [0.25, 0.3) is 0 Å². The number of nitrogens with zero attached hydrogens (tertiary/aromatic N) is 1. The van der Waals surface area contributed by atoms with Crippen LogP contribution in [-0.4, -0.2) is 73.6 Å². The first-order valence-electron chi connectivity index (χ1n) is 5.95. The van der Waals surface area contributed by atoms with Crippen molar-refractivity contribution in [2.45, 2.75) is 18.5 Å². The lowest BCUT2D eigenvalue weighted by molar-refractivity contribution is -0.166. The van der Waals surface area contributed by atoms with E-state index >= 15 is 0 Å². The molecule has 2 rings (SSSR count). The highest BCUT2D eigenvalue weighted by Crippen LogP contribution is 2.25. The van der Waals surface area contributed by atoms with Crippen molar-refractivity contribution in [3.63, 3.8) is 0 Å². The number of carbonyl (C=O) groups is 1. The zero-order valence-electron chi connectivity index (χ0n) is 10.1. The van der Waals surface area contributed by atoms with Crippen LogP contribution in [-0.2, 0) is 14.3 Å². The Morgan fingerprint density at radius 3 is 3.00 bits per heavy atom. The summed E-state index contributed by atoms with van der Waals surface area (Å²) in [4.78, 5) is 13.2. The highest BCUT2D eigenvalue weighted by molar-refractivity contribution is 5.72. The molecular formula is C11H20N2O4. The van der Waals surface area contributed by atoms with Gasteiger partial charge in [-0.1, -0.05) is 0 Å². The van der Waals surface area contributed by atoms with Gasteiger partial charge in [0.2, 0.25) is 5.91 Å². The van der Waals surface area contributed by atoms with Gasteiger partial charge in [-0.15, -0.1) is 0 Å². The van der Waals surface area contributed by atoms with Crippen LogP contribution in [0.15, 0.2) is 0 Å². The molecule has 2 atom stereocenters. The number of nitrogens with one attached hydrogen (secondary N) is 1. The number of carbonyl (C=O) groups excluding carboxylic acids is 1. The first-order valence-corrected chi connectivity index (χ1v) is 5.95. The largest absolute Gasteiger partial charge is 0.394 e. The van der Waals surface area contributed by atoms with Crippen LogP contribution < -0.4 is 5.32 Å². The average molecular weight is 244 g/mol. The Balaban J connectivity index is 2.09. The SMILES string of the molecule is CC(=O)NCC1(CO)COCC2COCCN21. The molecule has 98 valence electrons. The maximum absolute atomic E-state index is 11.0. The van der Waals surface area contributed by atoms with Gasteiger partial charge in [0.15, 0.2) is 0 Å². The first-order chi connectivity index (χ1) is 8.18. The molecule has 2 heterocycles. The predicted octanol–water partition coefficient (Wildman–Crippen LogP) is -1.42. The average Bonchev–Trinajstić information content (AvgIpc) is 2.36. The molecule has 0 aromatic heterocycles. The zero-order chi connectivity index (χ0) is 12.3. The van der Waals surface area contributed by atoms with E-state index in [9.17, 15) is 9.90 Å². The zero-order valence-corrected chi connectivity index (χ0v) is 10.1. The second-order valence-electron chi connectivity index (χ2n) is 4.73. The van der Waals surface area contributed by atoms with Crippen molar-refractivity contribution >= 4 is 5.91 Å². The molecule has 0 aromatic carbocycles. The molecule has 2 fully saturated rings. The van der Waals surface area contributed by atoms with Crippen molar-refractivity contribution in [1.29, 1.82) is 0 Å². The smallest absolute Gasteiger partial charge is 0.216 e. The molecule has 0 aromatic rings. The van der Waals surface area contributed by atoms with Crippen molar-refractivity contribution in [3.05, 3.63) is 0 Å². The molecular weight excluding hydrogens is 224 g/mol. The topological polar surface area (TPSA) is 71.0 Å². The second kappa shape index (κ2) is 5.30. The summed E-state index contributed by atoms with van der Waals surface area (Å²) in [6, 6.07) is 0.179. The normalized spacial score (nSPS) is 34.1. The number of aliphatic hydroxyl groups is 1. The molecule has 0 radical (unpaired) electrons. The van der Waals surface area contributed by atoms with Crippen LogP contribution in [0.2, 0.25) is 0 Å². The molecule has 2 N–H and O–H groups in total. The molecule has 2 aliphatic heterocycles. The summed E-state index contributed by atoms with van der Waals surface area (Å²) in [5.41, 5.74) is -0.502. The number of hydrogen-bond donors (Lipinski definition) is 2. The van der Waals surface area contributed by atoms with E-state index in [0.717, 1.165) is 6.54 Å². The fourth-order valence-electron chi connectivity index (χ4n) is 2.52. The third kappa shape index (κ3) is 2.60. The first kappa shape index (κ1) is 12.8. The van der Waals surface area contributed by atoms with Gasteiger partial charge in [0, 0.05) is 20.0 Å². The van der Waals surface area contributed by atoms with Crippen LogP contribution in [0.1, 0.15) is 6.92 Å². The van der Waals surface area contributed by atoms with Crippen LogP contribution in [0.3, 0.4) is 0 Å². The molecule has 0 bridgehead atoms. The van der Waals surface area contributed by atoms with Crippen LogP contribution in [0, 0.1) is 0 Å². The Labute approximate surface area is 101 Å². The fourth-order valence-corrected chi connectivity index (χ4v) is 2.52. The summed E-state index contributed by atoms with van der Waals surface area (Å²) < 4.78 is 11.0. The Kier molecular flexibility index (Phi) is 3.98. The van der Waals surface area contributed by atoms with Crippen molar-refractivity contribution in [2.24, 2.45) is 0 Å². The number of aliphatic hydroxyl groups excluding tert-OH is 1. The van der Waals surface area contributed by atoms with E-state index in [2.05, 4.69) is 10.2 Å². The van der Waals surface area contributed by atoms with Gasteiger partial charge >= 0.3 is 0 Å². The van der Waals surface area contributed by atoms with E-state index in [4.69, 9.17) is 9.47 Å². The van der Waals surface area contributed by atoms with E-state index in [1.54, 1.807) is 0 Å². The second-order valence-corrected chi connectivity index (χ2v) is 4.73. The fraction of sp³-hybridized carbons (Fsp3) is 0.909. The number of fused-ring (bicyclic) bond motifs is 1. The molecule has 6 heteroatoms. The molecule has 0 aliphatic carbocycles. The lowest BCUT2D eigenvalue weighted by atomic mass is 9.94. The van der Waals surface area contributed by atoms with Gasteiger partial charge in [0.25, 0.3) is 0 Å². The molecule has 2 aliphatic rings. The highest BCUT2D eigenvalue weighted by Gasteiger charge is 2.45. The van der Waals surface area contributed by atoms with Gasteiger partial charge in [-0.2, -0.15) is 0 Å². The Bertz CT molecular complexity index is 285. The van der Waals surface area contributed by atoms with Gasteiger partial charge in [-0.3, -0.25) is 9.69 Å². The van der Waals surface area contributed by atoms with E-state index in [1.165, 1.54) is 6.92 Å². The number of morpholine rings is 2. The third-order valence-electron chi connectivity index (χ3n) is 3.48. The predicted molar refractivity (Wildman–Crippen MR) is 60.6 cm³/mol. The van der Waals surface area contributed by atoms with Gasteiger partial charge in [-0.05, 0) is 0 Å². The summed E-state index contributed by atoms with van der Waals surface area (Å²) in [5.74, 6) is -0.0896. The maximum Gasteiger partial charge on any atom is 0.216 e. The van der Waals surface area contributed by atoms with Crippen molar-refractivity contribution in [3.8, 4) is 0 Å². The number of ether oxygens (including phenoxy) is 2. The van der Waals surface area contributed by atoms with Crippen molar-refractivity contribution < 1.29 is 19.4 Å². The monoisotopic (exact) mass is 244 g/mol.